The van der Waals surface area contributed by atoms with Crippen molar-refractivity contribution in [1.82, 2.24) is 14.2 Å². The molecule has 4 aromatic carbocycles. The number of fused-ring (bicyclic) bond motifs is 1. The number of aromatic nitrogens is 2. The first-order valence-corrected chi connectivity index (χ1v) is 21.6. The normalized spacial score (nSPS) is 23.7. The molecule has 0 radical (unpaired) electrons. The van der Waals surface area contributed by atoms with Crippen molar-refractivity contribution in [2.24, 2.45) is 0 Å². The van der Waals surface area contributed by atoms with Crippen LogP contribution in [-0.4, -0.2) is 80.1 Å². The molecule has 0 unspecified atom stereocenters. The number of H-pyrrole nitrogens is 1. The molecule has 57 heavy (non-hydrogen) atoms. The Balaban J connectivity index is 1.14. The second-order valence-electron chi connectivity index (χ2n) is 14.2. The zero-order chi connectivity index (χ0) is 39.6. The van der Waals surface area contributed by atoms with Crippen molar-refractivity contribution in [3.05, 3.63) is 159 Å². The summed E-state index contributed by atoms with van der Waals surface area (Å²) in [7, 11) is -2.16. The van der Waals surface area contributed by atoms with Gasteiger partial charge in [-0.15, -0.1) is 0 Å². The second-order valence-corrected chi connectivity index (χ2v) is 17.6. The predicted octanol–water partition coefficient (Wildman–Crippen LogP) is 5.80. The van der Waals surface area contributed by atoms with Crippen LogP contribution in [0.1, 0.15) is 42.2 Å². The number of rotatable bonds is 14. The Labute approximate surface area is 332 Å². The summed E-state index contributed by atoms with van der Waals surface area (Å²) in [5.74, 6) is 1.17. The van der Waals surface area contributed by atoms with E-state index in [0.717, 1.165) is 34.1 Å². The zero-order valence-corrected chi connectivity index (χ0v) is 33.2. The fourth-order valence-corrected chi connectivity index (χ4v) is 11.6. The van der Waals surface area contributed by atoms with Crippen molar-refractivity contribution in [1.29, 1.82) is 0 Å². The molecule has 1 aromatic heterocycles. The van der Waals surface area contributed by atoms with Crippen molar-refractivity contribution in [3.63, 3.8) is 0 Å². The summed E-state index contributed by atoms with van der Waals surface area (Å²) >= 11 is 0. The van der Waals surface area contributed by atoms with Crippen molar-refractivity contribution in [2.45, 2.75) is 60.3 Å². The third-order valence-corrected chi connectivity index (χ3v) is 14.4. The van der Waals surface area contributed by atoms with E-state index in [0.29, 0.717) is 18.0 Å². The van der Waals surface area contributed by atoms with Gasteiger partial charge in [-0.05, 0) is 65.9 Å². The Morgan fingerprint density at radius 3 is 2.04 bits per heavy atom. The number of hydrogen-bond acceptors (Lipinski definition) is 11. The lowest BCUT2D eigenvalue weighted by molar-refractivity contribution is -0.0925. The van der Waals surface area contributed by atoms with Crippen LogP contribution in [0.4, 0.5) is 0 Å². The fourth-order valence-electron chi connectivity index (χ4n) is 8.00. The van der Waals surface area contributed by atoms with Gasteiger partial charge in [-0.25, -0.2) is 22.4 Å². The first kappa shape index (κ1) is 39.2. The summed E-state index contributed by atoms with van der Waals surface area (Å²) in [6, 6.07) is 34.7. The van der Waals surface area contributed by atoms with Gasteiger partial charge in [-0.3, -0.25) is 4.79 Å². The first-order valence-electron chi connectivity index (χ1n) is 18.8. The molecule has 6 atom stereocenters. The van der Waals surface area contributed by atoms with E-state index in [1.807, 2.05) is 78.9 Å². The highest BCUT2D eigenvalue weighted by molar-refractivity contribution is 7.91. The molecule has 13 nitrogen and oxygen atoms in total. The van der Waals surface area contributed by atoms with E-state index in [1.54, 1.807) is 44.6 Å². The lowest BCUT2D eigenvalue weighted by Crippen LogP contribution is -2.39. The Hall–Kier alpha value is -4.66. The summed E-state index contributed by atoms with van der Waals surface area (Å²) in [6.45, 7) is 0.645. The average molecular weight is 814 g/mol. The molecular formula is C42H44N3O10PS. The van der Waals surface area contributed by atoms with Gasteiger partial charge in [0.1, 0.15) is 29.4 Å². The Morgan fingerprint density at radius 1 is 0.807 bits per heavy atom. The number of sulfone groups is 1. The van der Waals surface area contributed by atoms with E-state index in [9.17, 15) is 18.0 Å². The van der Waals surface area contributed by atoms with E-state index in [-0.39, 0.29) is 29.7 Å². The summed E-state index contributed by atoms with van der Waals surface area (Å²) < 4.78 is 68.3. The molecule has 298 valence electrons. The lowest BCUT2D eigenvalue weighted by atomic mass is 9.80. The molecule has 3 aliphatic heterocycles. The van der Waals surface area contributed by atoms with Crippen LogP contribution < -0.4 is 20.7 Å². The Morgan fingerprint density at radius 2 is 1.42 bits per heavy atom. The Kier molecular flexibility index (Phi) is 11.5. The minimum absolute atomic E-state index is 0.0357. The zero-order valence-electron chi connectivity index (χ0n) is 31.5. The highest BCUT2D eigenvalue weighted by Crippen LogP contribution is 2.58. The van der Waals surface area contributed by atoms with E-state index in [1.165, 1.54) is 12.3 Å². The van der Waals surface area contributed by atoms with E-state index >= 15 is 0 Å². The third-order valence-electron chi connectivity index (χ3n) is 10.8. The number of nitrogens with zero attached hydrogens (tertiary/aromatic N) is 2. The van der Waals surface area contributed by atoms with Gasteiger partial charge in [-0.2, -0.15) is 0 Å². The van der Waals surface area contributed by atoms with Gasteiger partial charge in [0.2, 0.25) is 0 Å². The third kappa shape index (κ3) is 7.83. The summed E-state index contributed by atoms with van der Waals surface area (Å²) in [5, 5.41) is 0. The molecule has 15 heteroatoms. The van der Waals surface area contributed by atoms with Crippen LogP contribution in [0, 0.1) is 0 Å². The molecule has 1 N–H and O–H groups in total. The minimum Gasteiger partial charge on any atom is -0.497 e. The van der Waals surface area contributed by atoms with Crippen LogP contribution in [-0.2, 0) is 34.0 Å². The SMILES string of the molecule is COc1ccc(C(OC[C@H]2O[C@@H](n3c(=O)cc[nH]c3=O)C[C@@H]2O[P@]2O[C@H](CS(=O)(=O)c3ccccc3)[C@@H]3CCCN32)(c2ccccc2)c2ccc(OC)cc2)cc1. The number of benzene rings is 4. The molecule has 3 saturated heterocycles. The Bertz CT molecular complexity index is 2290. The number of ether oxygens (including phenoxy) is 4. The topological polar surface area (TPSA) is 148 Å². The van der Waals surface area contributed by atoms with Crippen LogP contribution in [0.2, 0.25) is 0 Å². The van der Waals surface area contributed by atoms with Crippen molar-refractivity contribution in [2.75, 3.05) is 33.1 Å². The number of nitrogens with one attached hydrogen (secondary N) is 1. The van der Waals surface area contributed by atoms with Gasteiger partial charge in [0, 0.05) is 31.3 Å². The fraction of sp³-hybridized carbons (Fsp3) is 0.333. The molecule has 0 amide bonds. The average Bonchev–Trinajstić information content (AvgIpc) is 3.96. The summed E-state index contributed by atoms with van der Waals surface area (Å²) in [4.78, 5) is 29.0. The molecule has 0 aliphatic carbocycles. The van der Waals surface area contributed by atoms with Gasteiger partial charge in [0.05, 0.1) is 43.7 Å². The summed E-state index contributed by atoms with van der Waals surface area (Å²) in [5.41, 5.74) is 0.152. The van der Waals surface area contributed by atoms with Crippen LogP contribution in [0.15, 0.2) is 136 Å². The summed E-state index contributed by atoms with van der Waals surface area (Å²) in [6.07, 6.45) is -0.00704. The standard InChI is InChI=1S/C42H44N3O10PS/c1-50-32-19-15-30(16-20-32)42(29-10-5-3-6-11-29,31-17-21-33(51-2)22-18-31)52-27-37-36(26-40(53-37)45-39(46)23-24-43-41(45)47)54-56-44-25-9-14-35(44)38(55-56)28-57(48,49)34-12-7-4-8-13-34/h3-8,10-13,15-24,35-38,40H,9,14,25-28H2,1-2H3,(H,43,47)/t35-,36-,37+,38+,40+,56+/m0/s1. The molecule has 0 spiro atoms. The molecule has 3 aliphatic rings. The molecule has 8 rings (SSSR count). The van der Waals surface area contributed by atoms with Crippen LogP contribution in [0.25, 0.3) is 0 Å². The largest absolute Gasteiger partial charge is 0.497 e. The van der Waals surface area contributed by atoms with Gasteiger partial charge in [-0.1, -0.05) is 72.8 Å². The lowest BCUT2D eigenvalue weighted by Gasteiger charge is -2.37. The van der Waals surface area contributed by atoms with E-state index < -0.39 is 59.8 Å². The highest BCUT2D eigenvalue weighted by atomic mass is 32.2. The second kappa shape index (κ2) is 16.7. The van der Waals surface area contributed by atoms with Gasteiger partial charge in [0.25, 0.3) is 14.1 Å². The smallest absolute Gasteiger partial charge is 0.330 e. The number of aromatic amines is 1. The van der Waals surface area contributed by atoms with Gasteiger partial charge >= 0.3 is 5.69 Å². The molecule has 3 fully saturated rings. The molecule has 5 aromatic rings. The van der Waals surface area contributed by atoms with Crippen LogP contribution >= 0.6 is 8.53 Å². The highest BCUT2D eigenvalue weighted by Gasteiger charge is 2.51. The molecular weight excluding hydrogens is 770 g/mol. The van der Waals surface area contributed by atoms with E-state index in [2.05, 4.69) is 9.65 Å². The van der Waals surface area contributed by atoms with Crippen molar-refractivity contribution in [3.8, 4) is 11.5 Å². The maximum Gasteiger partial charge on any atom is 0.330 e. The van der Waals surface area contributed by atoms with E-state index in [4.69, 9.17) is 28.0 Å². The monoisotopic (exact) mass is 813 g/mol. The van der Waals surface area contributed by atoms with Crippen molar-refractivity contribution < 1.29 is 36.4 Å². The van der Waals surface area contributed by atoms with Crippen LogP contribution in [0.3, 0.4) is 0 Å². The first-order chi connectivity index (χ1) is 27.7. The van der Waals surface area contributed by atoms with Gasteiger partial charge in [0.15, 0.2) is 9.84 Å². The van der Waals surface area contributed by atoms with Gasteiger partial charge < -0.3 is 33.0 Å². The van der Waals surface area contributed by atoms with Crippen LogP contribution in [0.5, 0.6) is 11.5 Å². The quantitative estimate of drug-likeness (QED) is 0.107. The number of methoxy groups -OCH3 is 2. The number of hydrogen-bond donors (Lipinski definition) is 1. The molecule has 0 bridgehead atoms. The van der Waals surface area contributed by atoms with Crippen molar-refractivity contribution >= 4 is 18.4 Å². The maximum absolute atomic E-state index is 13.5. The predicted molar refractivity (Wildman–Crippen MR) is 213 cm³/mol. The maximum atomic E-state index is 13.5. The molecule has 4 heterocycles. The molecule has 0 saturated carbocycles. The minimum atomic E-state index is -3.64.